The number of nitrogens with zero attached hydrogens (tertiary/aromatic N) is 2. The smallest absolute Gasteiger partial charge is 0.315 e. The Labute approximate surface area is 204 Å². The number of quaternary nitrogens is 1. The molecule has 178 valence electrons. The lowest BCUT2D eigenvalue weighted by Gasteiger charge is -2.54. The van der Waals surface area contributed by atoms with Gasteiger partial charge in [-0.3, -0.25) is 14.2 Å². The Morgan fingerprint density at radius 1 is 1.15 bits per heavy atom. The van der Waals surface area contributed by atoms with Crippen LogP contribution in [0.3, 0.4) is 0 Å². The minimum Gasteiger partial charge on any atom is -0.415 e. The van der Waals surface area contributed by atoms with Crippen LogP contribution in [0.25, 0.3) is 0 Å². The van der Waals surface area contributed by atoms with E-state index in [1.54, 1.807) is 0 Å². The fourth-order valence-electron chi connectivity index (χ4n) is 5.30. The van der Waals surface area contributed by atoms with Gasteiger partial charge in [-0.25, -0.2) is 0 Å². The molecule has 0 bridgehead atoms. The molecule has 0 aromatic heterocycles. The largest absolute Gasteiger partial charge is 0.415 e. The van der Waals surface area contributed by atoms with Gasteiger partial charge in [-0.2, -0.15) is 0 Å². The van der Waals surface area contributed by atoms with Crippen LogP contribution in [0.5, 0.6) is 0 Å². The summed E-state index contributed by atoms with van der Waals surface area (Å²) in [5.41, 5.74) is 3.59. The molecule has 1 unspecified atom stereocenters. The highest BCUT2D eigenvalue weighted by molar-refractivity contribution is 6.30. The molecule has 1 saturated heterocycles. The summed E-state index contributed by atoms with van der Waals surface area (Å²) in [4.78, 5) is 15.0. The van der Waals surface area contributed by atoms with E-state index in [1.165, 1.54) is 16.7 Å². The van der Waals surface area contributed by atoms with Gasteiger partial charge in [0.2, 0.25) is 6.73 Å². The first-order valence-electron chi connectivity index (χ1n) is 12.0. The number of hydrogen-bond donors (Lipinski definition) is 0. The first-order chi connectivity index (χ1) is 15.4. The highest BCUT2D eigenvalue weighted by Crippen LogP contribution is 2.48. The first kappa shape index (κ1) is 24.3. The number of hydrogen-bond acceptors (Lipinski definition) is 3. The molecule has 0 radical (unpaired) electrons. The van der Waals surface area contributed by atoms with E-state index in [4.69, 9.17) is 16.3 Å². The molecule has 0 N–H and O–H groups in total. The fraction of sp³-hybridized carbons (Fsp3) is 0.536. The summed E-state index contributed by atoms with van der Waals surface area (Å²) in [5.74, 6) is 0.257. The number of benzene rings is 2. The van der Waals surface area contributed by atoms with Gasteiger partial charge in [-0.15, -0.1) is 0 Å². The fourth-order valence-corrected chi connectivity index (χ4v) is 5.48. The van der Waals surface area contributed by atoms with Crippen molar-refractivity contribution in [2.45, 2.75) is 58.5 Å². The molecule has 1 aliphatic carbocycles. The Hall–Kier alpha value is -1.88. The van der Waals surface area contributed by atoms with E-state index in [1.807, 2.05) is 26.8 Å². The first-order valence-corrected chi connectivity index (χ1v) is 12.4. The second-order valence-electron chi connectivity index (χ2n) is 11.7. The highest BCUT2D eigenvalue weighted by Gasteiger charge is 2.49. The van der Waals surface area contributed by atoms with Gasteiger partial charge in [0.15, 0.2) is 0 Å². The number of carbonyl (C=O) groups excluding carboxylic acids is 1. The van der Waals surface area contributed by atoms with Crippen LogP contribution >= 0.6 is 11.6 Å². The Bertz CT molecular complexity index is 1010. The molecule has 33 heavy (non-hydrogen) atoms. The van der Waals surface area contributed by atoms with Crippen molar-refractivity contribution in [3.63, 3.8) is 0 Å². The summed E-state index contributed by atoms with van der Waals surface area (Å²) in [6.45, 7) is 13.6. The second-order valence-corrected chi connectivity index (χ2v) is 12.1. The molecule has 0 saturated carbocycles. The molecule has 0 spiro atoms. The van der Waals surface area contributed by atoms with Crippen LogP contribution in [0, 0.1) is 5.41 Å². The van der Waals surface area contributed by atoms with Crippen molar-refractivity contribution >= 4 is 17.6 Å². The molecule has 2 aromatic carbocycles. The standard InChI is InChI=1S/C28H38ClN2O2/c1-27(2,3)26(32)33-19-31(6)15-14-30(18-28(31,4)5)25-17-23(20-10-8-7-9-11-20)22-13-12-21(29)16-24(22)25/h7-13,16,23,25H,14-15,17-19H2,1-6H3/q+1/t23-,25+,31?/m0/s1. The van der Waals surface area contributed by atoms with Crippen molar-refractivity contribution in [2.24, 2.45) is 5.41 Å². The van der Waals surface area contributed by atoms with Gasteiger partial charge in [0.1, 0.15) is 5.54 Å². The van der Waals surface area contributed by atoms with Crippen LogP contribution in [0.15, 0.2) is 48.5 Å². The number of carbonyl (C=O) groups is 1. The van der Waals surface area contributed by atoms with E-state index < -0.39 is 5.41 Å². The second kappa shape index (κ2) is 8.72. The molecular weight excluding hydrogens is 432 g/mol. The van der Waals surface area contributed by atoms with E-state index in [2.05, 4.69) is 68.3 Å². The summed E-state index contributed by atoms with van der Waals surface area (Å²) in [5, 5.41) is 0.804. The number of ether oxygens (including phenoxy) is 1. The summed E-state index contributed by atoms with van der Waals surface area (Å²) >= 11 is 6.46. The maximum Gasteiger partial charge on any atom is 0.315 e. The summed E-state index contributed by atoms with van der Waals surface area (Å²) < 4.78 is 6.51. The molecular formula is C28H38ClN2O2+. The average Bonchev–Trinajstić information content (AvgIpc) is 3.12. The van der Waals surface area contributed by atoms with E-state index in [9.17, 15) is 4.79 Å². The lowest BCUT2D eigenvalue weighted by Crippen LogP contribution is -2.70. The van der Waals surface area contributed by atoms with Gasteiger partial charge < -0.3 is 4.74 Å². The molecule has 1 heterocycles. The van der Waals surface area contributed by atoms with Gasteiger partial charge in [0.05, 0.1) is 25.6 Å². The molecule has 2 aliphatic rings. The predicted octanol–water partition coefficient (Wildman–Crippen LogP) is 6.00. The topological polar surface area (TPSA) is 29.5 Å². The van der Waals surface area contributed by atoms with Crippen molar-refractivity contribution in [3.05, 3.63) is 70.2 Å². The quantitative estimate of drug-likeness (QED) is 0.406. The van der Waals surface area contributed by atoms with Gasteiger partial charge in [-0.05, 0) is 69.9 Å². The maximum absolute atomic E-state index is 12.4. The lowest BCUT2D eigenvalue weighted by atomic mass is 9.92. The zero-order chi connectivity index (χ0) is 24.0. The molecule has 1 fully saturated rings. The molecule has 4 rings (SSSR count). The third-order valence-electron chi connectivity index (χ3n) is 7.91. The zero-order valence-electron chi connectivity index (χ0n) is 20.9. The summed E-state index contributed by atoms with van der Waals surface area (Å²) in [7, 11) is 2.22. The Balaban J connectivity index is 1.55. The van der Waals surface area contributed by atoms with Crippen molar-refractivity contribution in [2.75, 3.05) is 33.4 Å². The number of halogens is 1. The molecule has 1 aliphatic heterocycles. The Morgan fingerprint density at radius 3 is 2.48 bits per heavy atom. The lowest BCUT2D eigenvalue weighted by molar-refractivity contribution is -0.974. The van der Waals surface area contributed by atoms with Gasteiger partial charge in [-0.1, -0.05) is 48.0 Å². The molecule has 3 atom stereocenters. The van der Waals surface area contributed by atoms with Gasteiger partial charge >= 0.3 is 5.97 Å². The zero-order valence-corrected chi connectivity index (χ0v) is 21.7. The van der Waals surface area contributed by atoms with Crippen molar-refractivity contribution in [3.8, 4) is 0 Å². The number of fused-ring (bicyclic) bond motifs is 1. The van der Waals surface area contributed by atoms with Crippen LogP contribution in [-0.2, 0) is 9.53 Å². The normalized spacial score (nSPS) is 27.2. The molecule has 0 amide bonds. The van der Waals surface area contributed by atoms with E-state index >= 15 is 0 Å². The van der Waals surface area contributed by atoms with E-state index in [0.29, 0.717) is 18.7 Å². The molecule has 4 nitrogen and oxygen atoms in total. The summed E-state index contributed by atoms with van der Waals surface area (Å²) in [6.07, 6.45) is 1.07. The highest BCUT2D eigenvalue weighted by atomic mass is 35.5. The monoisotopic (exact) mass is 469 g/mol. The minimum atomic E-state index is -0.482. The van der Waals surface area contributed by atoms with Crippen LogP contribution < -0.4 is 0 Å². The molecule has 5 heteroatoms. The predicted molar refractivity (Wildman–Crippen MR) is 134 cm³/mol. The van der Waals surface area contributed by atoms with Crippen LogP contribution in [0.1, 0.15) is 69.7 Å². The van der Waals surface area contributed by atoms with E-state index in [-0.39, 0.29) is 11.5 Å². The number of likely N-dealkylation sites (N-methyl/N-ethyl adjacent to an activating group) is 1. The Kier molecular flexibility index (Phi) is 6.41. The van der Waals surface area contributed by atoms with E-state index in [0.717, 1.165) is 35.6 Å². The van der Waals surface area contributed by atoms with Gasteiger partial charge in [0.25, 0.3) is 0 Å². The van der Waals surface area contributed by atoms with Crippen molar-refractivity contribution in [1.29, 1.82) is 0 Å². The maximum atomic E-state index is 12.4. The SMILES string of the molecule is CC(C)(C)C(=O)OC[N+]1(C)CCN([C@@H]2C[C@@H](c3ccccc3)c3ccc(Cl)cc32)CC1(C)C. The minimum absolute atomic E-state index is 0.0556. The number of piperazine rings is 1. The summed E-state index contributed by atoms with van der Waals surface area (Å²) in [6, 6.07) is 17.6. The number of esters is 1. The van der Waals surface area contributed by atoms with Gasteiger partial charge in [0, 0.05) is 23.5 Å². The Morgan fingerprint density at radius 2 is 1.85 bits per heavy atom. The average molecular weight is 470 g/mol. The van der Waals surface area contributed by atoms with Crippen LogP contribution in [-0.4, -0.2) is 54.3 Å². The number of rotatable bonds is 4. The third kappa shape index (κ3) is 4.71. The van der Waals surface area contributed by atoms with Crippen molar-refractivity contribution in [1.82, 2.24) is 4.90 Å². The van der Waals surface area contributed by atoms with Crippen LogP contribution in [0.4, 0.5) is 0 Å². The van der Waals surface area contributed by atoms with Crippen molar-refractivity contribution < 1.29 is 14.0 Å². The third-order valence-corrected chi connectivity index (χ3v) is 8.15. The van der Waals surface area contributed by atoms with Crippen LogP contribution in [0.2, 0.25) is 5.02 Å². The molecule has 2 aromatic rings.